The third-order valence-corrected chi connectivity index (χ3v) is 4.81. The number of halogens is 2. The van der Waals surface area contributed by atoms with Gasteiger partial charge in [0.15, 0.2) is 23.7 Å². The van der Waals surface area contributed by atoms with Gasteiger partial charge >= 0.3 is 0 Å². The van der Waals surface area contributed by atoms with E-state index in [1.54, 1.807) is 7.11 Å². The lowest BCUT2D eigenvalue weighted by molar-refractivity contribution is -0.123. The Morgan fingerprint density at radius 3 is 2.46 bits per heavy atom. The van der Waals surface area contributed by atoms with Crippen LogP contribution >= 0.6 is 0 Å². The van der Waals surface area contributed by atoms with Crippen molar-refractivity contribution >= 4 is 17.5 Å². The maximum atomic E-state index is 13.5. The number of carbonyl (C=O) groups excluding carboxylic acids is 2. The molecule has 1 fully saturated rings. The van der Waals surface area contributed by atoms with Gasteiger partial charge in [-0.05, 0) is 36.2 Å². The van der Waals surface area contributed by atoms with Crippen LogP contribution in [-0.2, 0) is 16.0 Å². The molecule has 0 unspecified atom stereocenters. The van der Waals surface area contributed by atoms with Crippen LogP contribution in [0.5, 0.6) is 5.75 Å². The van der Waals surface area contributed by atoms with Crippen LogP contribution in [0.4, 0.5) is 14.5 Å². The lowest BCUT2D eigenvalue weighted by Gasteiger charge is -2.20. The van der Waals surface area contributed by atoms with E-state index >= 15 is 0 Å². The number of hydrogen-bond acceptors (Lipinski definition) is 6. The molecule has 2 atom stereocenters. The number of imide groups is 1. The first-order chi connectivity index (χ1) is 13.5. The fourth-order valence-electron chi connectivity index (χ4n) is 3.32. The molecule has 0 saturated carbocycles. The normalized spacial score (nSPS) is 20.8. The van der Waals surface area contributed by atoms with Crippen LogP contribution in [0, 0.1) is 11.6 Å². The molecule has 2 amide bonds. The zero-order chi connectivity index (χ0) is 19.8. The first-order valence-electron chi connectivity index (χ1n) is 8.63. The minimum Gasteiger partial charge on any atom is -0.497 e. The van der Waals surface area contributed by atoms with Gasteiger partial charge < -0.3 is 4.74 Å². The van der Waals surface area contributed by atoms with E-state index < -0.39 is 35.5 Å². The smallest absolute Gasteiger partial charge is 0.263 e. The maximum Gasteiger partial charge on any atom is 0.263 e. The number of anilines is 1. The number of methoxy groups -OCH3 is 1. The lowest BCUT2D eigenvalue weighted by Crippen LogP contribution is -2.40. The third-order valence-electron chi connectivity index (χ3n) is 4.81. The van der Waals surface area contributed by atoms with Crippen molar-refractivity contribution in [2.45, 2.75) is 18.5 Å². The highest BCUT2D eigenvalue weighted by Gasteiger charge is 2.54. The van der Waals surface area contributed by atoms with Gasteiger partial charge in [0.25, 0.3) is 11.8 Å². The number of fused-ring (bicyclic) bond motifs is 1. The summed E-state index contributed by atoms with van der Waals surface area (Å²) in [4.78, 5) is 26.2. The summed E-state index contributed by atoms with van der Waals surface area (Å²) in [6.07, 6.45) is 0.582. The monoisotopic (exact) mass is 386 g/mol. The summed E-state index contributed by atoms with van der Waals surface area (Å²) in [5.41, 5.74) is 0.988. The number of rotatable bonds is 5. The van der Waals surface area contributed by atoms with E-state index in [1.165, 1.54) is 11.1 Å². The molecule has 0 aromatic heterocycles. The lowest BCUT2D eigenvalue weighted by atomic mass is 10.1. The van der Waals surface area contributed by atoms with Crippen molar-refractivity contribution in [1.82, 2.24) is 5.01 Å². The molecule has 0 spiro atoms. The minimum absolute atomic E-state index is 0.0198. The van der Waals surface area contributed by atoms with Gasteiger partial charge in [0.1, 0.15) is 5.75 Å². The van der Waals surface area contributed by atoms with Gasteiger partial charge in [-0.25, -0.2) is 13.7 Å². The summed E-state index contributed by atoms with van der Waals surface area (Å²) in [6.45, 7) is 0.377. The van der Waals surface area contributed by atoms with Gasteiger partial charge in [0.2, 0.25) is 0 Å². The first kappa shape index (κ1) is 18.0. The van der Waals surface area contributed by atoms with E-state index in [4.69, 9.17) is 4.74 Å². The molecule has 2 aromatic rings. The molecule has 0 radical (unpaired) electrons. The van der Waals surface area contributed by atoms with E-state index in [0.29, 0.717) is 13.0 Å². The highest BCUT2D eigenvalue weighted by Crippen LogP contribution is 2.32. The van der Waals surface area contributed by atoms with E-state index in [2.05, 4.69) is 10.3 Å². The Labute approximate surface area is 159 Å². The Bertz CT molecular complexity index is 964. The van der Waals surface area contributed by atoms with Crippen molar-refractivity contribution in [2.75, 3.05) is 18.6 Å². The molecule has 2 aliphatic heterocycles. The Balaban J connectivity index is 1.50. The fourth-order valence-corrected chi connectivity index (χ4v) is 3.32. The second-order valence-electron chi connectivity index (χ2n) is 6.47. The molecule has 2 aromatic carbocycles. The van der Waals surface area contributed by atoms with Gasteiger partial charge in [-0.2, -0.15) is 5.11 Å². The van der Waals surface area contributed by atoms with Crippen LogP contribution < -0.4 is 9.64 Å². The third kappa shape index (κ3) is 2.98. The number of hydrogen-bond donors (Lipinski definition) is 0. The second-order valence-corrected chi connectivity index (χ2v) is 6.47. The van der Waals surface area contributed by atoms with Crippen LogP contribution in [0.2, 0.25) is 0 Å². The van der Waals surface area contributed by atoms with Crippen molar-refractivity contribution in [3.63, 3.8) is 0 Å². The Kier molecular flexibility index (Phi) is 4.50. The number of benzene rings is 2. The molecule has 1 saturated heterocycles. The van der Waals surface area contributed by atoms with Gasteiger partial charge in [-0.3, -0.25) is 14.6 Å². The van der Waals surface area contributed by atoms with E-state index in [0.717, 1.165) is 28.3 Å². The van der Waals surface area contributed by atoms with Crippen molar-refractivity contribution < 1.29 is 23.1 Å². The summed E-state index contributed by atoms with van der Waals surface area (Å²) in [5, 5.41) is 9.35. The van der Waals surface area contributed by atoms with Gasteiger partial charge in [0, 0.05) is 12.6 Å². The van der Waals surface area contributed by atoms with Gasteiger partial charge in [-0.1, -0.05) is 17.4 Å². The first-order valence-corrected chi connectivity index (χ1v) is 8.63. The Hall–Kier alpha value is -3.36. The molecule has 0 aliphatic carbocycles. The molecule has 28 heavy (non-hydrogen) atoms. The van der Waals surface area contributed by atoms with Crippen molar-refractivity contribution in [3.8, 4) is 5.75 Å². The molecule has 0 bridgehead atoms. The van der Waals surface area contributed by atoms with Gasteiger partial charge in [-0.15, -0.1) is 0 Å². The largest absolute Gasteiger partial charge is 0.497 e. The summed E-state index contributed by atoms with van der Waals surface area (Å²) in [7, 11) is 1.58. The molecule has 144 valence electrons. The van der Waals surface area contributed by atoms with Crippen molar-refractivity contribution in [1.29, 1.82) is 0 Å². The quantitative estimate of drug-likeness (QED) is 0.740. The molecule has 2 heterocycles. The van der Waals surface area contributed by atoms with Crippen LogP contribution in [0.15, 0.2) is 52.8 Å². The van der Waals surface area contributed by atoms with Crippen LogP contribution in [0.3, 0.4) is 0 Å². The number of nitrogens with zero attached hydrogens (tertiary/aromatic N) is 4. The standard InChI is InChI=1S/C19H16F2N4O3/c1-28-13-5-2-11(3-6-13)8-9-24-17-16(22-23-24)18(26)25(19(17)27)12-4-7-14(20)15(21)10-12/h2-7,10,16-17H,8-9H2,1H3/t16-,17+/m0/s1. The van der Waals surface area contributed by atoms with E-state index in [9.17, 15) is 18.4 Å². The highest BCUT2D eigenvalue weighted by atomic mass is 19.2. The predicted molar refractivity (Wildman–Crippen MR) is 94.7 cm³/mol. The van der Waals surface area contributed by atoms with E-state index in [-0.39, 0.29) is 5.69 Å². The molecule has 7 nitrogen and oxygen atoms in total. The topological polar surface area (TPSA) is 74.6 Å². The molecule has 4 rings (SSSR count). The SMILES string of the molecule is COc1ccc(CCN2N=N[C@@H]3C(=O)N(c4ccc(F)c(F)c4)C(=O)[C@@H]32)cc1. The number of ether oxygens (including phenoxy) is 1. The summed E-state index contributed by atoms with van der Waals surface area (Å²) in [5.74, 6) is -2.60. The Morgan fingerprint density at radius 1 is 1.04 bits per heavy atom. The summed E-state index contributed by atoms with van der Waals surface area (Å²) in [6, 6.07) is 8.51. The zero-order valence-electron chi connectivity index (χ0n) is 14.9. The van der Waals surface area contributed by atoms with Crippen molar-refractivity contribution in [2.24, 2.45) is 10.3 Å². The Morgan fingerprint density at radius 2 is 1.79 bits per heavy atom. The zero-order valence-corrected chi connectivity index (χ0v) is 14.9. The summed E-state index contributed by atoms with van der Waals surface area (Å²) < 4.78 is 31.8. The van der Waals surface area contributed by atoms with Crippen molar-refractivity contribution in [3.05, 3.63) is 59.7 Å². The molecule has 0 N–H and O–H groups in total. The highest BCUT2D eigenvalue weighted by molar-refractivity contribution is 6.25. The minimum atomic E-state index is -1.13. The molecular weight excluding hydrogens is 370 g/mol. The maximum absolute atomic E-state index is 13.5. The van der Waals surface area contributed by atoms with Gasteiger partial charge in [0.05, 0.1) is 12.8 Å². The molecule has 2 aliphatic rings. The number of amides is 2. The van der Waals surface area contributed by atoms with Crippen LogP contribution in [-0.4, -0.2) is 42.6 Å². The fraction of sp³-hybridized carbons (Fsp3) is 0.263. The van der Waals surface area contributed by atoms with E-state index in [1.807, 2.05) is 24.3 Å². The average Bonchev–Trinajstić information content (AvgIpc) is 3.23. The predicted octanol–water partition coefficient (Wildman–Crippen LogP) is 2.51. The average molecular weight is 386 g/mol. The van der Waals surface area contributed by atoms with Crippen LogP contribution in [0.1, 0.15) is 5.56 Å². The second kappa shape index (κ2) is 6.99. The molecular formula is C19H16F2N4O3. The number of carbonyl (C=O) groups is 2. The molecule has 9 heteroatoms. The summed E-state index contributed by atoms with van der Waals surface area (Å²) >= 11 is 0. The van der Waals surface area contributed by atoms with Crippen LogP contribution in [0.25, 0.3) is 0 Å².